The van der Waals surface area contributed by atoms with Gasteiger partial charge in [-0.2, -0.15) is 0 Å². The first-order chi connectivity index (χ1) is 8.13. The Balaban J connectivity index is 2.43. The van der Waals surface area contributed by atoms with E-state index in [1.54, 1.807) is 0 Å². The predicted molar refractivity (Wildman–Crippen MR) is 69.8 cm³/mol. The number of amides is 1. The molecule has 0 saturated carbocycles. The molecule has 0 bridgehead atoms. The van der Waals surface area contributed by atoms with Crippen LogP contribution < -0.4 is 5.32 Å². The van der Waals surface area contributed by atoms with E-state index in [-0.39, 0.29) is 25.5 Å². The monoisotopic (exact) mass is 348 g/mol. The molecule has 0 unspecified atom stereocenters. The van der Waals surface area contributed by atoms with Crippen LogP contribution in [0.15, 0.2) is 12.3 Å². The van der Waals surface area contributed by atoms with Gasteiger partial charge in [0.15, 0.2) is 0 Å². The lowest BCUT2D eigenvalue weighted by Crippen LogP contribution is -2.16. The molecule has 1 aromatic heterocycles. The second kappa shape index (κ2) is 7.19. The number of ether oxygens (including phenoxy) is 1. The third-order valence-electron chi connectivity index (χ3n) is 1.72. The Morgan fingerprint density at radius 1 is 1.71 bits per heavy atom. The Morgan fingerprint density at radius 3 is 3.12 bits per heavy atom. The van der Waals surface area contributed by atoms with Gasteiger partial charge in [-0.25, -0.2) is 9.37 Å². The molecule has 17 heavy (non-hydrogen) atoms. The van der Waals surface area contributed by atoms with E-state index < -0.39 is 5.82 Å². The fraction of sp³-hybridized carbons (Fsp3) is 0.273. The van der Waals surface area contributed by atoms with Crippen LogP contribution >= 0.6 is 22.6 Å². The summed E-state index contributed by atoms with van der Waals surface area (Å²) in [6.45, 7) is 0.424. The molecule has 1 rings (SSSR count). The molecular formula is C11H10FIN2O2. The van der Waals surface area contributed by atoms with Gasteiger partial charge in [-0.05, 0) is 28.7 Å². The van der Waals surface area contributed by atoms with Crippen molar-refractivity contribution in [1.29, 1.82) is 0 Å². The lowest BCUT2D eigenvalue weighted by atomic mass is 10.4. The zero-order valence-corrected chi connectivity index (χ0v) is 11.0. The Morgan fingerprint density at radius 2 is 2.47 bits per heavy atom. The summed E-state index contributed by atoms with van der Waals surface area (Å²) in [5.74, 6) is 1.95. The van der Waals surface area contributed by atoms with E-state index in [1.165, 1.54) is 6.07 Å². The van der Waals surface area contributed by atoms with Crippen molar-refractivity contribution in [3.8, 4) is 12.3 Å². The molecule has 0 saturated heterocycles. The molecule has 1 amide bonds. The van der Waals surface area contributed by atoms with Crippen LogP contribution in [0.4, 0.5) is 10.2 Å². The number of rotatable bonds is 5. The molecular weight excluding hydrogens is 338 g/mol. The summed E-state index contributed by atoms with van der Waals surface area (Å²) >= 11 is 1.90. The van der Waals surface area contributed by atoms with Crippen LogP contribution in [0.5, 0.6) is 0 Å². The van der Waals surface area contributed by atoms with Gasteiger partial charge in [-0.3, -0.25) is 4.79 Å². The largest absolute Gasteiger partial charge is 0.368 e. The van der Waals surface area contributed by atoms with Gasteiger partial charge in [0, 0.05) is 0 Å². The van der Waals surface area contributed by atoms with Gasteiger partial charge < -0.3 is 10.1 Å². The van der Waals surface area contributed by atoms with Crippen molar-refractivity contribution in [3.63, 3.8) is 0 Å². The van der Waals surface area contributed by atoms with Gasteiger partial charge in [0.2, 0.25) is 5.91 Å². The summed E-state index contributed by atoms with van der Waals surface area (Å²) < 4.78 is 18.3. The first kappa shape index (κ1) is 13.9. The smallest absolute Gasteiger partial charge is 0.227 e. The van der Waals surface area contributed by atoms with Crippen LogP contribution in [-0.4, -0.2) is 24.1 Å². The van der Waals surface area contributed by atoms with Gasteiger partial charge in [0.05, 0.1) is 22.8 Å². The lowest BCUT2D eigenvalue weighted by Gasteiger charge is -2.06. The number of carbonyl (C=O) groups is 1. The summed E-state index contributed by atoms with van der Waals surface area (Å²) in [7, 11) is 0. The minimum absolute atomic E-state index is 0.177. The Kier molecular flexibility index (Phi) is 5.86. The van der Waals surface area contributed by atoms with Crippen molar-refractivity contribution >= 4 is 34.3 Å². The number of pyridine rings is 1. The van der Waals surface area contributed by atoms with Crippen molar-refractivity contribution in [2.75, 3.05) is 18.5 Å². The van der Waals surface area contributed by atoms with Crippen LogP contribution in [-0.2, 0) is 9.53 Å². The van der Waals surface area contributed by atoms with Gasteiger partial charge in [0.25, 0.3) is 0 Å². The number of hydrogen-bond donors (Lipinski definition) is 1. The zero-order chi connectivity index (χ0) is 12.7. The van der Waals surface area contributed by atoms with Crippen LogP contribution in [0.1, 0.15) is 6.42 Å². The van der Waals surface area contributed by atoms with Crippen molar-refractivity contribution in [1.82, 2.24) is 4.98 Å². The standard InChI is InChI=1S/C11H10FIN2O2/c1-2-4-17-5-3-10(16)15-11-9(13)6-8(12)7-14-11/h1,6-7H,3-5H2,(H,14,15,16). The van der Waals surface area contributed by atoms with Crippen LogP contribution in [0.25, 0.3) is 0 Å². The quantitative estimate of drug-likeness (QED) is 0.502. The highest BCUT2D eigenvalue weighted by atomic mass is 127. The fourth-order valence-corrected chi connectivity index (χ4v) is 1.57. The Hall–Kier alpha value is -1.20. The number of carbonyl (C=O) groups excluding carboxylic acids is 1. The van der Waals surface area contributed by atoms with Crippen molar-refractivity contribution < 1.29 is 13.9 Å². The van der Waals surface area contributed by atoms with Gasteiger partial charge in [-0.1, -0.05) is 5.92 Å². The highest BCUT2D eigenvalue weighted by Crippen LogP contribution is 2.15. The average molecular weight is 348 g/mol. The number of anilines is 1. The molecule has 1 aromatic rings. The van der Waals surface area contributed by atoms with Crippen molar-refractivity contribution in [2.45, 2.75) is 6.42 Å². The maximum Gasteiger partial charge on any atom is 0.227 e. The first-order valence-electron chi connectivity index (χ1n) is 4.75. The molecule has 1 N–H and O–H groups in total. The van der Waals surface area contributed by atoms with E-state index in [0.717, 1.165) is 6.20 Å². The number of nitrogens with one attached hydrogen (secondary N) is 1. The zero-order valence-electron chi connectivity index (χ0n) is 8.87. The second-order valence-corrected chi connectivity index (χ2v) is 4.20. The van der Waals surface area contributed by atoms with E-state index in [0.29, 0.717) is 9.39 Å². The van der Waals surface area contributed by atoms with E-state index in [4.69, 9.17) is 11.2 Å². The molecule has 0 atom stereocenters. The molecule has 4 nitrogen and oxygen atoms in total. The summed E-state index contributed by atoms with van der Waals surface area (Å²) in [6.07, 6.45) is 6.21. The molecule has 0 fully saturated rings. The maximum absolute atomic E-state index is 12.8. The summed E-state index contributed by atoms with van der Waals surface area (Å²) in [5.41, 5.74) is 0. The summed E-state index contributed by atoms with van der Waals surface area (Å²) in [4.78, 5) is 15.2. The van der Waals surface area contributed by atoms with E-state index >= 15 is 0 Å². The van der Waals surface area contributed by atoms with Gasteiger partial charge >= 0.3 is 0 Å². The van der Waals surface area contributed by atoms with Crippen LogP contribution in [0.3, 0.4) is 0 Å². The van der Waals surface area contributed by atoms with E-state index in [2.05, 4.69) is 16.2 Å². The number of nitrogens with zero attached hydrogens (tertiary/aromatic N) is 1. The molecule has 6 heteroatoms. The number of terminal acetylenes is 1. The van der Waals surface area contributed by atoms with Gasteiger partial charge in [0.1, 0.15) is 18.2 Å². The molecule has 90 valence electrons. The molecule has 0 aliphatic carbocycles. The van der Waals surface area contributed by atoms with E-state index in [9.17, 15) is 9.18 Å². The number of aromatic nitrogens is 1. The Labute approximate surface area is 112 Å². The predicted octanol–water partition coefficient (Wildman–Crippen LogP) is 1.80. The van der Waals surface area contributed by atoms with Crippen molar-refractivity contribution in [2.24, 2.45) is 0 Å². The normalized spacial score (nSPS) is 9.71. The molecule has 0 radical (unpaired) electrons. The minimum atomic E-state index is -0.440. The molecule has 0 aromatic carbocycles. The van der Waals surface area contributed by atoms with Crippen molar-refractivity contribution in [3.05, 3.63) is 21.7 Å². The van der Waals surface area contributed by atoms with E-state index in [1.807, 2.05) is 22.6 Å². The van der Waals surface area contributed by atoms with Crippen LogP contribution in [0.2, 0.25) is 0 Å². The molecule has 0 aliphatic heterocycles. The maximum atomic E-state index is 12.8. The molecule has 0 spiro atoms. The SMILES string of the molecule is C#CCOCCC(=O)Nc1ncc(F)cc1I. The highest BCUT2D eigenvalue weighted by Gasteiger charge is 2.07. The number of halogens is 2. The second-order valence-electron chi connectivity index (χ2n) is 3.04. The average Bonchev–Trinajstić information content (AvgIpc) is 2.28. The number of hydrogen-bond acceptors (Lipinski definition) is 3. The topological polar surface area (TPSA) is 51.2 Å². The molecule has 1 heterocycles. The third kappa shape index (κ3) is 5.10. The van der Waals surface area contributed by atoms with Gasteiger partial charge in [-0.15, -0.1) is 6.42 Å². The summed E-state index contributed by atoms with van der Waals surface area (Å²) in [5, 5.41) is 2.56. The molecule has 0 aliphatic rings. The minimum Gasteiger partial charge on any atom is -0.368 e. The summed E-state index contributed by atoms with van der Waals surface area (Å²) in [6, 6.07) is 1.29. The third-order valence-corrected chi connectivity index (χ3v) is 2.55. The Bertz CT molecular complexity index is 446. The highest BCUT2D eigenvalue weighted by molar-refractivity contribution is 14.1. The first-order valence-corrected chi connectivity index (χ1v) is 5.83. The lowest BCUT2D eigenvalue weighted by molar-refractivity contribution is -0.117. The fourth-order valence-electron chi connectivity index (χ4n) is 0.997. The van der Waals surface area contributed by atoms with Crippen LogP contribution in [0, 0.1) is 21.7 Å².